The molecule has 1 heterocycles. The minimum Gasteiger partial charge on any atom is -0.310 e. The van der Waals surface area contributed by atoms with Crippen molar-refractivity contribution >= 4 is 38.9 Å². The molecule has 4 bridgehead atoms. The summed E-state index contributed by atoms with van der Waals surface area (Å²) in [6.07, 6.45) is 6.99. The molecule has 1 spiro atoms. The molecule has 0 N–H and O–H groups in total. The molecule has 13 rings (SSSR count). The molecule has 0 amide bonds. The Bertz CT molecular complexity index is 2710. The van der Waals surface area contributed by atoms with Crippen molar-refractivity contribution in [1.29, 1.82) is 0 Å². The average Bonchev–Trinajstić information content (AvgIpc) is 3.71. The van der Waals surface area contributed by atoms with E-state index in [2.05, 4.69) is 179 Å². The molecule has 0 aliphatic heterocycles. The molecular formula is C52H42N2. The zero-order valence-electron chi connectivity index (χ0n) is 30.4. The van der Waals surface area contributed by atoms with E-state index in [0.29, 0.717) is 0 Å². The van der Waals surface area contributed by atoms with Crippen LogP contribution in [0.3, 0.4) is 0 Å². The highest BCUT2D eigenvalue weighted by Crippen LogP contribution is 2.69. The first-order chi connectivity index (χ1) is 26.8. The Morgan fingerprint density at radius 3 is 1.83 bits per heavy atom. The summed E-state index contributed by atoms with van der Waals surface area (Å²) in [6.45, 7) is 0. The van der Waals surface area contributed by atoms with Crippen LogP contribution < -0.4 is 4.90 Å². The van der Waals surface area contributed by atoms with Crippen LogP contribution in [0.2, 0.25) is 0 Å². The van der Waals surface area contributed by atoms with Crippen LogP contribution in [-0.4, -0.2) is 4.57 Å². The topological polar surface area (TPSA) is 8.17 Å². The first-order valence-electron chi connectivity index (χ1n) is 20.0. The minimum atomic E-state index is 0.104. The quantitative estimate of drug-likeness (QED) is 0.174. The van der Waals surface area contributed by atoms with Crippen LogP contribution in [-0.2, 0) is 5.41 Å². The monoisotopic (exact) mass is 694 g/mol. The van der Waals surface area contributed by atoms with Gasteiger partial charge in [-0.1, -0.05) is 115 Å². The van der Waals surface area contributed by atoms with Crippen molar-refractivity contribution in [3.05, 3.63) is 181 Å². The predicted molar refractivity (Wildman–Crippen MR) is 224 cm³/mol. The first kappa shape index (κ1) is 30.6. The molecule has 4 fully saturated rings. The van der Waals surface area contributed by atoms with Gasteiger partial charge in [-0.05, 0) is 138 Å². The van der Waals surface area contributed by atoms with Gasteiger partial charge in [0.2, 0.25) is 0 Å². The third-order valence-corrected chi connectivity index (χ3v) is 14.0. The summed E-state index contributed by atoms with van der Waals surface area (Å²) in [5.41, 5.74) is 15.9. The Morgan fingerprint density at radius 2 is 1.04 bits per heavy atom. The molecule has 0 saturated heterocycles. The molecule has 260 valence electrons. The summed E-state index contributed by atoms with van der Waals surface area (Å²) in [5.74, 6) is 3.27. The van der Waals surface area contributed by atoms with Crippen LogP contribution >= 0.6 is 0 Å². The van der Waals surface area contributed by atoms with Gasteiger partial charge in [0, 0.05) is 38.8 Å². The molecule has 5 aliphatic rings. The summed E-state index contributed by atoms with van der Waals surface area (Å²) < 4.78 is 2.42. The highest BCUT2D eigenvalue weighted by Gasteiger charge is 2.61. The van der Waals surface area contributed by atoms with Gasteiger partial charge < -0.3 is 9.47 Å². The normalized spacial score (nSPS) is 23.3. The number of hydrogen-bond acceptors (Lipinski definition) is 1. The third kappa shape index (κ3) is 4.23. The van der Waals surface area contributed by atoms with E-state index in [1.165, 1.54) is 98.9 Å². The number of benzene rings is 7. The molecule has 0 atom stereocenters. The van der Waals surface area contributed by atoms with Gasteiger partial charge in [0.05, 0.1) is 16.7 Å². The zero-order chi connectivity index (χ0) is 35.4. The Hall–Kier alpha value is -5.86. The van der Waals surface area contributed by atoms with Gasteiger partial charge in [-0.3, -0.25) is 0 Å². The maximum absolute atomic E-state index is 2.64. The van der Waals surface area contributed by atoms with E-state index < -0.39 is 0 Å². The summed E-state index contributed by atoms with van der Waals surface area (Å²) >= 11 is 0. The maximum atomic E-state index is 2.64. The van der Waals surface area contributed by atoms with Crippen molar-refractivity contribution < 1.29 is 0 Å². The summed E-state index contributed by atoms with van der Waals surface area (Å²) in [4.78, 5) is 2.56. The largest absolute Gasteiger partial charge is 0.310 e. The molecule has 0 unspecified atom stereocenters. The number of fused-ring (bicyclic) bond motifs is 6. The lowest BCUT2D eigenvalue weighted by Gasteiger charge is -2.61. The minimum absolute atomic E-state index is 0.104. The highest BCUT2D eigenvalue weighted by atomic mass is 15.1. The van der Waals surface area contributed by atoms with Crippen LogP contribution in [0.5, 0.6) is 0 Å². The van der Waals surface area contributed by atoms with E-state index in [9.17, 15) is 0 Å². The molecular weight excluding hydrogens is 653 g/mol. The summed E-state index contributed by atoms with van der Waals surface area (Å²) in [6, 6.07) is 63.7. The van der Waals surface area contributed by atoms with Crippen molar-refractivity contribution in [2.24, 2.45) is 23.7 Å². The van der Waals surface area contributed by atoms with E-state index in [1.807, 2.05) is 0 Å². The van der Waals surface area contributed by atoms with Crippen LogP contribution in [0.25, 0.3) is 49.7 Å². The van der Waals surface area contributed by atoms with Gasteiger partial charge in [0.25, 0.3) is 0 Å². The summed E-state index contributed by atoms with van der Waals surface area (Å²) in [7, 11) is 0. The van der Waals surface area contributed by atoms with Gasteiger partial charge >= 0.3 is 0 Å². The third-order valence-electron chi connectivity index (χ3n) is 14.0. The van der Waals surface area contributed by atoms with Crippen molar-refractivity contribution in [3.63, 3.8) is 0 Å². The second kappa shape index (κ2) is 11.6. The van der Waals surface area contributed by atoms with Crippen LogP contribution in [0.4, 0.5) is 17.1 Å². The number of rotatable bonds is 5. The fourth-order valence-electron chi connectivity index (χ4n) is 12.2. The Labute approximate surface area is 317 Å². The molecule has 2 heteroatoms. The van der Waals surface area contributed by atoms with E-state index in [4.69, 9.17) is 0 Å². The first-order valence-corrected chi connectivity index (χ1v) is 20.0. The molecule has 54 heavy (non-hydrogen) atoms. The van der Waals surface area contributed by atoms with Crippen molar-refractivity contribution in [1.82, 2.24) is 4.57 Å². The molecule has 1 aromatic heterocycles. The van der Waals surface area contributed by atoms with E-state index in [0.717, 1.165) is 23.7 Å². The molecule has 5 aliphatic carbocycles. The fourth-order valence-corrected chi connectivity index (χ4v) is 12.2. The number of nitrogens with zero attached hydrogens (tertiary/aromatic N) is 2. The SMILES string of the molecule is c1ccc(-c2ccccc2N(c2ccc3c(c2)C2(c4ccccc4-3)C3CC4CC(C3)CC2C4)c2ccc3c(c2)c2ccccc2n3-c2ccccc2)cc1. The number of hydrogen-bond donors (Lipinski definition) is 0. The van der Waals surface area contributed by atoms with Crippen molar-refractivity contribution in [2.45, 2.75) is 37.5 Å². The standard InChI is InChI=1S/C52H42N2/c1-3-13-36(14-4-1)42-17-8-11-21-49(42)53(40-24-26-51-46(32-40)45-19-9-12-22-50(45)54(51)39-15-5-2-6-16-39)41-23-25-44-43-18-7-10-20-47(43)52(48(44)33-41)37-28-34-27-35(30-37)31-38(52)29-34/h1-26,32-35,37-38H,27-31H2. The van der Waals surface area contributed by atoms with Crippen LogP contribution in [0.1, 0.15) is 43.2 Å². The second-order valence-electron chi connectivity index (χ2n) is 16.6. The van der Waals surface area contributed by atoms with Gasteiger partial charge in [0.1, 0.15) is 0 Å². The van der Waals surface area contributed by atoms with Gasteiger partial charge in [-0.15, -0.1) is 0 Å². The van der Waals surface area contributed by atoms with Gasteiger partial charge in [-0.2, -0.15) is 0 Å². The average molecular weight is 695 g/mol. The lowest BCUT2D eigenvalue weighted by molar-refractivity contribution is -0.0399. The fraction of sp³-hybridized carbons (Fsp3) is 0.192. The summed E-state index contributed by atoms with van der Waals surface area (Å²) in [5, 5.41) is 2.53. The lowest BCUT2D eigenvalue weighted by atomic mass is 9.43. The van der Waals surface area contributed by atoms with Crippen LogP contribution in [0, 0.1) is 23.7 Å². The molecule has 0 radical (unpaired) electrons. The highest BCUT2D eigenvalue weighted by molar-refractivity contribution is 6.11. The Morgan fingerprint density at radius 1 is 0.444 bits per heavy atom. The molecule has 8 aromatic rings. The number of para-hydroxylation sites is 3. The van der Waals surface area contributed by atoms with Crippen LogP contribution in [0.15, 0.2) is 170 Å². The number of aromatic nitrogens is 1. The number of anilines is 3. The molecule has 4 saturated carbocycles. The molecule has 2 nitrogen and oxygen atoms in total. The lowest BCUT2D eigenvalue weighted by Crippen LogP contribution is -2.55. The second-order valence-corrected chi connectivity index (χ2v) is 16.6. The maximum Gasteiger partial charge on any atom is 0.0542 e. The Balaban J connectivity index is 1.11. The van der Waals surface area contributed by atoms with Gasteiger partial charge in [-0.25, -0.2) is 0 Å². The van der Waals surface area contributed by atoms with Crippen molar-refractivity contribution in [2.75, 3.05) is 4.90 Å². The molecule has 7 aromatic carbocycles. The van der Waals surface area contributed by atoms with E-state index in [1.54, 1.807) is 11.1 Å². The predicted octanol–water partition coefficient (Wildman–Crippen LogP) is 13.6. The van der Waals surface area contributed by atoms with Gasteiger partial charge in [0.15, 0.2) is 0 Å². The van der Waals surface area contributed by atoms with E-state index >= 15 is 0 Å². The Kier molecular flexibility index (Phi) is 6.55. The smallest absolute Gasteiger partial charge is 0.0542 e. The van der Waals surface area contributed by atoms with Crippen molar-refractivity contribution in [3.8, 4) is 27.9 Å². The zero-order valence-corrected chi connectivity index (χ0v) is 30.4. The van der Waals surface area contributed by atoms with E-state index in [-0.39, 0.29) is 5.41 Å².